The standard InChI is InChI=1S/C15H25N3O2/c1-4-6-13-17-14(16)10(2)15(18-13)20-12-8-5-7-11(9-12)19-3/h11-12H,4-9H2,1-3H3,(H2,16,17,18). The molecular weight excluding hydrogens is 254 g/mol. The second-order valence-corrected chi connectivity index (χ2v) is 5.47. The summed E-state index contributed by atoms with van der Waals surface area (Å²) in [6.07, 6.45) is 6.49. The molecule has 20 heavy (non-hydrogen) atoms. The number of anilines is 1. The van der Waals surface area contributed by atoms with Gasteiger partial charge in [0.1, 0.15) is 17.7 Å². The lowest BCUT2D eigenvalue weighted by Gasteiger charge is -2.28. The predicted molar refractivity (Wildman–Crippen MR) is 78.9 cm³/mol. The highest BCUT2D eigenvalue weighted by Crippen LogP contribution is 2.27. The molecule has 1 aromatic heterocycles. The van der Waals surface area contributed by atoms with Crippen molar-refractivity contribution >= 4 is 5.82 Å². The second-order valence-electron chi connectivity index (χ2n) is 5.47. The third-order valence-corrected chi connectivity index (χ3v) is 3.85. The number of ether oxygens (including phenoxy) is 2. The molecule has 1 saturated carbocycles. The summed E-state index contributed by atoms with van der Waals surface area (Å²) in [4.78, 5) is 8.82. The van der Waals surface area contributed by atoms with Crippen molar-refractivity contribution in [3.8, 4) is 5.88 Å². The molecular formula is C15H25N3O2. The van der Waals surface area contributed by atoms with Crippen molar-refractivity contribution in [3.05, 3.63) is 11.4 Å². The van der Waals surface area contributed by atoms with Gasteiger partial charge in [-0.05, 0) is 32.6 Å². The van der Waals surface area contributed by atoms with E-state index in [4.69, 9.17) is 15.2 Å². The molecule has 1 aliphatic rings. The van der Waals surface area contributed by atoms with Gasteiger partial charge in [-0.1, -0.05) is 6.92 Å². The Labute approximate surface area is 120 Å². The largest absolute Gasteiger partial charge is 0.474 e. The number of rotatable bonds is 5. The van der Waals surface area contributed by atoms with Crippen LogP contribution in [0.1, 0.15) is 50.4 Å². The SMILES string of the molecule is CCCc1nc(N)c(C)c(OC2CCCC(OC)C2)n1. The summed E-state index contributed by atoms with van der Waals surface area (Å²) < 4.78 is 11.5. The lowest BCUT2D eigenvalue weighted by atomic mass is 9.95. The number of nitrogen functional groups attached to an aromatic ring is 1. The maximum atomic E-state index is 6.07. The summed E-state index contributed by atoms with van der Waals surface area (Å²) in [6.45, 7) is 4.02. The van der Waals surface area contributed by atoms with Crippen molar-refractivity contribution in [2.75, 3.05) is 12.8 Å². The highest BCUT2D eigenvalue weighted by molar-refractivity contribution is 5.44. The molecule has 1 fully saturated rings. The fraction of sp³-hybridized carbons (Fsp3) is 0.733. The van der Waals surface area contributed by atoms with Crippen molar-refractivity contribution in [1.82, 2.24) is 9.97 Å². The average molecular weight is 279 g/mol. The summed E-state index contributed by atoms with van der Waals surface area (Å²) >= 11 is 0. The fourth-order valence-electron chi connectivity index (χ4n) is 2.59. The highest BCUT2D eigenvalue weighted by atomic mass is 16.5. The maximum Gasteiger partial charge on any atom is 0.222 e. The molecule has 0 aliphatic heterocycles. The van der Waals surface area contributed by atoms with Gasteiger partial charge >= 0.3 is 0 Å². The van der Waals surface area contributed by atoms with Crippen LogP contribution in [0.2, 0.25) is 0 Å². The van der Waals surface area contributed by atoms with E-state index in [9.17, 15) is 0 Å². The van der Waals surface area contributed by atoms with Gasteiger partial charge in [0.25, 0.3) is 0 Å². The molecule has 1 aliphatic carbocycles. The topological polar surface area (TPSA) is 70.3 Å². The molecule has 0 aromatic carbocycles. The van der Waals surface area contributed by atoms with Crippen molar-refractivity contribution in [1.29, 1.82) is 0 Å². The smallest absolute Gasteiger partial charge is 0.222 e. The highest BCUT2D eigenvalue weighted by Gasteiger charge is 2.24. The number of aryl methyl sites for hydroxylation is 1. The van der Waals surface area contributed by atoms with Crippen LogP contribution in [0.15, 0.2) is 0 Å². The Balaban J connectivity index is 2.11. The molecule has 5 heteroatoms. The van der Waals surface area contributed by atoms with Crippen molar-refractivity contribution in [2.45, 2.75) is 64.6 Å². The summed E-state index contributed by atoms with van der Waals surface area (Å²) in [5, 5.41) is 0. The molecule has 1 heterocycles. The molecule has 1 aromatic rings. The van der Waals surface area contributed by atoms with Gasteiger partial charge in [-0.2, -0.15) is 4.98 Å². The zero-order valence-electron chi connectivity index (χ0n) is 12.7. The van der Waals surface area contributed by atoms with Gasteiger partial charge in [-0.25, -0.2) is 4.98 Å². The Morgan fingerprint density at radius 3 is 2.70 bits per heavy atom. The van der Waals surface area contributed by atoms with Crippen LogP contribution in [0.5, 0.6) is 5.88 Å². The lowest BCUT2D eigenvalue weighted by Crippen LogP contribution is -2.30. The minimum atomic E-state index is 0.163. The zero-order valence-corrected chi connectivity index (χ0v) is 12.7. The van der Waals surface area contributed by atoms with Gasteiger partial charge in [0.05, 0.1) is 11.7 Å². The van der Waals surface area contributed by atoms with E-state index in [2.05, 4.69) is 16.9 Å². The summed E-state index contributed by atoms with van der Waals surface area (Å²) in [7, 11) is 1.76. The molecule has 0 bridgehead atoms. The third kappa shape index (κ3) is 3.60. The summed E-state index contributed by atoms with van der Waals surface area (Å²) in [5.74, 6) is 1.94. The number of aromatic nitrogens is 2. The fourth-order valence-corrected chi connectivity index (χ4v) is 2.59. The minimum Gasteiger partial charge on any atom is -0.474 e. The van der Waals surface area contributed by atoms with Gasteiger partial charge in [0, 0.05) is 20.0 Å². The van der Waals surface area contributed by atoms with Crippen molar-refractivity contribution < 1.29 is 9.47 Å². The summed E-state index contributed by atoms with van der Waals surface area (Å²) in [5.41, 5.74) is 6.79. The Kier molecular flexibility index (Phi) is 5.17. The van der Waals surface area contributed by atoms with Gasteiger partial charge < -0.3 is 15.2 Å². The molecule has 2 atom stereocenters. The first-order chi connectivity index (χ1) is 9.63. The number of nitrogens with zero attached hydrogens (tertiary/aromatic N) is 2. The van der Waals surface area contributed by atoms with E-state index in [-0.39, 0.29) is 6.10 Å². The van der Waals surface area contributed by atoms with Crippen LogP contribution in [0.3, 0.4) is 0 Å². The summed E-state index contributed by atoms with van der Waals surface area (Å²) in [6, 6.07) is 0. The molecule has 0 radical (unpaired) electrons. The van der Waals surface area contributed by atoms with E-state index in [1.165, 1.54) is 0 Å². The van der Waals surface area contributed by atoms with Crippen LogP contribution in [0.25, 0.3) is 0 Å². The Morgan fingerprint density at radius 2 is 2.00 bits per heavy atom. The number of methoxy groups -OCH3 is 1. The van der Waals surface area contributed by atoms with E-state index < -0.39 is 0 Å². The molecule has 2 unspecified atom stereocenters. The maximum absolute atomic E-state index is 6.07. The predicted octanol–water partition coefficient (Wildman–Crippen LogP) is 2.66. The van der Waals surface area contributed by atoms with E-state index in [0.717, 1.165) is 49.9 Å². The molecule has 2 rings (SSSR count). The lowest BCUT2D eigenvalue weighted by molar-refractivity contribution is 0.0192. The molecule has 0 amide bonds. The van der Waals surface area contributed by atoms with E-state index in [0.29, 0.717) is 17.8 Å². The van der Waals surface area contributed by atoms with Crippen LogP contribution < -0.4 is 10.5 Å². The third-order valence-electron chi connectivity index (χ3n) is 3.85. The van der Waals surface area contributed by atoms with Crippen molar-refractivity contribution in [3.63, 3.8) is 0 Å². The quantitative estimate of drug-likeness (QED) is 0.897. The Bertz CT molecular complexity index is 451. The molecule has 5 nitrogen and oxygen atoms in total. The van der Waals surface area contributed by atoms with Gasteiger partial charge in [-0.3, -0.25) is 0 Å². The molecule has 0 spiro atoms. The van der Waals surface area contributed by atoms with Crippen LogP contribution in [0, 0.1) is 6.92 Å². The first-order valence-corrected chi connectivity index (χ1v) is 7.46. The van der Waals surface area contributed by atoms with Gasteiger partial charge in [-0.15, -0.1) is 0 Å². The number of nitrogens with two attached hydrogens (primary N) is 1. The van der Waals surface area contributed by atoms with Crippen LogP contribution in [-0.4, -0.2) is 29.3 Å². The zero-order chi connectivity index (χ0) is 14.5. The molecule has 2 N–H and O–H groups in total. The van der Waals surface area contributed by atoms with Crippen molar-refractivity contribution in [2.24, 2.45) is 0 Å². The van der Waals surface area contributed by atoms with Gasteiger partial charge in [0.15, 0.2) is 0 Å². The monoisotopic (exact) mass is 279 g/mol. The average Bonchev–Trinajstić information content (AvgIpc) is 2.45. The van der Waals surface area contributed by atoms with Crippen LogP contribution in [0.4, 0.5) is 5.82 Å². The molecule has 112 valence electrons. The van der Waals surface area contributed by atoms with E-state index in [1.54, 1.807) is 7.11 Å². The van der Waals surface area contributed by atoms with E-state index >= 15 is 0 Å². The first kappa shape index (κ1) is 15.0. The Hall–Kier alpha value is -1.36. The Morgan fingerprint density at radius 1 is 1.25 bits per heavy atom. The minimum absolute atomic E-state index is 0.163. The second kappa shape index (κ2) is 6.88. The van der Waals surface area contributed by atoms with Crippen LogP contribution >= 0.6 is 0 Å². The first-order valence-electron chi connectivity index (χ1n) is 7.46. The molecule has 0 saturated heterocycles. The van der Waals surface area contributed by atoms with Crippen LogP contribution in [-0.2, 0) is 11.2 Å². The number of hydrogen-bond donors (Lipinski definition) is 1. The van der Waals surface area contributed by atoms with E-state index in [1.807, 2.05) is 6.92 Å². The normalized spacial score (nSPS) is 22.8. The van der Waals surface area contributed by atoms with Gasteiger partial charge in [0.2, 0.25) is 5.88 Å². The number of hydrogen-bond acceptors (Lipinski definition) is 5.